The maximum atomic E-state index is 13.2. The van der Waals surface area contributed by atoms with E-state index in [1.54, 1.807) is 0 Å². The third-order valence-electron chi connectivity index (χ3n) is 5.74. The van der Waals surface area contributed by atoms with Crippen LogP contribution in [0.15, 0.2) is 18.2 Å². The van der Waals surface area contributed by atoms with Gasteiger partial charge in [0, 0.05) is 29.5 Å². The van der Waals surface area contributed by atoms with Crippen LogP contribution in [0.2, 0.25) is 0 Å². The minimum Gasteiger partial charge on any atom is -0.507 e. The molecule has 0 unspecified atom stereocenters. The Kier molecular flexibility index (Phi) is 4.72. The van der Waals surface area contributed by atoms with E-state index in [-0.39, 0.29) is 33.3 Å². The molecule has 2 atom stereocenters. The predicted octanol–water partition coefficient (Wildman–Crippen LogP) is 1.56. The van der Waals surface area contributed by atoms with Crippen molar-refractivity contribution in [2.24, 2.45) is 0 Å². The number of phenols is 2. The average Bonchev–Trinajstić information content (AvgIpc) is 2.72. The van der Waals surface area contributed by atoms with Crippen molar-refractivity contribution < 1.29 is 39.5 Å². The fourth-order valence-corrected chi connectivity index (χ4v) is 4.80. The van der Waals surface area contributed by atoms with E-state index in [0.717, 1.165) is 0 Å². The highest BCUT2D eigenvalue weighted by molar-refractivity contribution is 9.09. The van der Waals surface area contributed by atoms with Crippen molar-refractivity contribution >= 4 is 33.3 Å². The van der Waals surface area contributed by atoms with Gasteiger partial charge in [0.15, 0.2) is 11.6 Å². The van der Waals surface area contributed by atoms with E-state index in [0.29, 0.717) is 0 Å². The highest BCUT2D eigenvalue weighted by Crippen LogP contribution is 2.51. The Labute approximate surface area is 178 Å². The number of hydrogen-bond acceptors (Lipinski definition) is 8. The van der Waals surface area contributed by atoms with E-state index in [4.69, 9.17) is 4.74 Å². The molecule has 2 aliphatic carbocycles. The van der Waals surface area contributed by atoms with Crippen LogP contribution < -0.4 is 4.74 Å². The Bertz CT molecular complexity index is 1140. The third-order valence-corrected chi connectivity index (χ3v) is 6.24. The molecule has 156 valence electrons. The first-order chi connectivity index (χ1) is 14.2. The maximum Gasteiger partial charge on any atom is 0.202 e. The number of alkyl halides is 1. The molecule has 4 rings (SSSR count). The molecule has 8 nitrogen and oxygen atoms in total. The van der Waals surface area contributed by atoms with E-state index in [9.17, 15) is 34.8 Å². The molecule has 0 amide bonds. The Morgan fingerprint density at radius 2 is 1.83 bits per heavy atom. The van der Waals surface area contributed by atoms with Crippen LogP contribution >= 0.6 is 15.9 Å². The highest BCUT2D eigenvalue weighted by Gasteiger charge is 2.48. The number of phenolic OH excluding ortho intramolecular Hbond substituents is 2. The molecule has 0 radical (unpaired) electrons. The zero-order valence-corrected chi connectivity index (χ0v) is 17.3. The van der Waals surface area contributed by atoms with Crippen LogP contribution in [0, 0.1) is 0 Å². The van der Waals surface area contributed by atoms with Crippen molar-refractivity contribution in [1.29, 1.82) is 0 Å². The lowest BCUT2D eigenvalue weighted by Gasteiger charge is -2.36. The number of carbonyl (C=O) groups is 3. The minimum absolute atomic E-state index is 0.00958. The molecule has 0 spiro atoms. The Hall–Kier alpha value is -2.75. The summed E-state index contributed by atoms with van der Waals surface area (Å²) in [7, 11) is 1.33. The summed E-state index contributed by atoms with van der Waals surface area (Å²) in [5.41, 5.74) is -3.26. The summed E-state index contributed by atoms with van der Waals surface area (Å²) in [6, 6.07) is 4.40. The lowest BCUT2D eigenvalue weighted by Crippen LogP contribution is -2.46. The van der Waals surface area contributed by atoms with E-state index < -0.39 is 64.5 Å². The summed E-state index contributed by atoms with van der Waals surface area (Å²) in [5, 5.41) is 42.9. The Morgan fingerprint density at radius 3 is 2.47 bits per heavy atom. The number of aliphatic hydroxyl groups excluding tert-OH is 1. The first-order valence-corrected chi connectivity index (χ1v) is 10.1. The number of fused-ring (bicyclic) bond motifs is 3. The van der Waals surface area contributed by atoms with Crippen molar-refractivity contribution in [2.45, 2.75) is 24.5 Å². The van der Waals surface area contributed by atoms with Crippen LogP contribution in [0.25, 0.3) is 0 Å². The van der Waals surface area contributed by atoms with Crippen LogP contribution in [-0.4, -0.2) is 55.8 Å². The van der Waals surface area contributed by atoms with Gasteiger partial charge in [-0.3, -0.25) is 14.4 Å². The second-order valence-corrected chi connectivity index (χ2v) is 7.93. The summed E-state index contributed by atoms with van der Waals surface area (Å²) in [5.74, 6) is -3.26. The Balaban J connectivity index is 2.01. The van der Waals surface area contributed by atoms with Gasteiger partial charge < -0.3 is 25.2 Å². The number of ether oxygens (including phenoxy) is 1. The molecule has 0 aliphatic heterocycles. The molecule has 30 heavy (non-hydrogen) atoms. The molecule has 0 fully saturated rings. The average molecular weight is 477 g/mol. The second-order valence-electron chi connectivity index (χ2n) is 7.37. The van der Waals surface area contributed by atoms with Gasteiger partial charge in [0.05, 0.1) is 35.2 Å². The number of Topliss-reactive ketones (excluding diaryl/α,β-unsaturated/α-hetero) is 1. The van der Waals surface area contributed by atoms with Crippen molar-refractivity contribution in [2.75, 3.05) is 12.4 Å². The van der Waals surface area contributed by atoms with Gasteiger partial charge in [-0.1, -0.05) is 28.1 Å². The highest BCUT2D eigenvalue weighted by atomic mass is 79.9. The number of ketones is 3. The van der Waals surface area contributed by atoms with E-state index in [2.05, 4.69) is 15.9 Å². The molecule has 0 saturated carbocycles. The fraction of sp³-hybridized carbons (Fsp3) is 0.286. The lowest BCUT2D eigenvalue weighted by molar-refractivity contribution is -0.139. The molecule has 4 N–H and O–H groups in total. The van der Waals surface area contributed by atoms with Crippen LogP contribution in [0.1, 0.15) is 55.5 Å². The van der Waals surface area contributed by atoms with Gasteiger partial charge in [-0.05, 0) is 6.07 Å². The van der Waals surface area contributed by atoms with Gasteiger partial charge in [0.1, 0.15) is 22.8 Å². The number of aliphatic hydroxyl groups is 2. The van der Waals surface area contributed by atoms with Gasteiger partial charge in [-0.15, -0.1) is 0 Å². The number of rotatable bonds is 3. The lowest BCUT2D eigenvalue weighted by atomic mass is 9.72. The van der Waals surface area contributed by atoms with Gasteiger partial charge in [0.25, 0.3) is 0 Å². The van der Waals surface area contributed by atoms with Gasteiger partial charge >= 0.3 is 0 Å². The molecule has 0 heterocycles. The molecule has 0 saturated heterocycles. The zero-order valence-electron chi connectivity index (χ0n) is 15.7. The zero-order chi connectivity index (χ0) is 22.0. The van der Waals surface area contributed by atoms with E-state index in [1.807, 2.05) is 0 Å². The molecule has 9 heteroatoms. The monoisotopic (exact) mass is 476 g/mol. The van der Waals surface area contributed by atoms with Gasteiger partial charge in [-0.2, -0.15) is 0 Å². The standard InChI is InChI=1S/C21H17BrO8/c1-30-11-4-2-3-8-14(11)20(28)16-15(17(8)25)18(26)9-5-21(29,12(24)7-22)6-10(23)13(9)19(16)27/h2-4,10,23,26-27,29H,5-7H2,1H3/t10-,21-/m0/s1. The molecule has 2 aliphatic rings. The van der Waals surface area contributed by atoms with Crippen molar-refractivity contribution in [3.8, 4) is 17.2 Å². The van der Waals surface area contributed by atoms with Crippen LogP contribution in [0.3, 0.4) is 0 Å². The molecule has 2 aromatic carbocycles. The molecular weight excluding hydrogens is 460 g/mol. The summed E-state index contributed by atoms with van der Waals surface area (Å²) in [4.78, 5) is 38.5. The first-order valence-electron chi connectivity index (χ1n) is 9.03. The maximum absolute atomic E-state index is 13.2. The smallest absolute Gasteiger partial charge is 0.202 e. The van der Waals surface area contributed by atoms with Crippen LogP contribution in [-0.2, 0) is 11.2 Å². The first kappa shape index (κ1) is 20.5. The fourth-order valence-electron chi connectivity index (χ4n) is 4.28. The quantitative estimate of drug-likeness (QED) is 0.329. The summed E-state index contributed by atoms with van der Waals surface area (Å²) >= 11 is 2.97. The van der Waals surface area contributed by atoms with Crippen molar-refractivity contribution in [3.05, 3.63) is 51.6 Å². The largest absolute Gasteiger partial charge is 0.507 e. The SMILES string of the molecule is COc1cccc2c1C(=O)c1c(O)c3c(c(O)c1C2=O)C[C@@](O)(C(=O)CBr)C[C@@H]3O. The van der Waals surface area contributed by atoms with Gasteiger partial charge in [-0.25, -0.2) is 0 Å². The number of methoxy groups -OCH3 is 1. The normalized spacial score (nSPS) is 22.2. The number of aromatic hydroxyl groups is 2. The molecule has 0 aromatic heterocycles. The van der Waals surface area contributed by atoms with Crippen molar-refractivity contribution in [3.63, 3.8) is 0 Å². The number of hydrogen-bond donors (Lipinski definition) is 4. The summed E-state index contributed by atoms with van der Waals surface area (Å²) in [6.07, 6.45) is -2.40. The minimum atomic E-state index is -2.00. The van der Waals surface area contributed by atoms with Gasteiger partial charge in [0.2, 0.25) is 5.78 Å². The molecule has 0 bridgehead atoms. The van der Waals surface area contributed by atoms with Crippen LogP contribution in [0.4, 0.5) is 0 Å². The Morgan fingerprint density at radius 1 is 1.17 bits per heavy atom. The number of halogens is 1. The van der Waals surface area contributed by atoms with E-state index >= 15 is 0 Å². The molecular formula is C21H17BrO8. The van der Waals surface area contributed by atoms with Crippen LogP contribution in [0.5, 0.6) is 17.2 Å². The number of benzene rings is 2. The summed E-state index contributed by atoms with van der Waals surface area (Å²) < 4.78 is 5.17. The predicted molar refractivity (Wildman–Crippen MR) is 107 cm³/mol. The summed E-state index contributed by atoms with van der Waals surface area (Å²) in [6.45, 7) is 0. The number of carbonyl (C=O) groups excluding carboxylic acids is 3. The van der Waals surface area contributed by atoms with Crippen molar-refractivity contribution in [1.82, 2.24) is 0 Å². The topological polar surface area (TPSA) is 141 Å². The third kappa shape index (κ3) is 2.62. The molecule has 2 aromatic rings. The van der Waals surface area contributed by atoms with E-state index in [1.165, 1.54) is 25.3 Å². The second kappa shape index (κ2) is 6.90.